The summed E-state index contributed by atoms with van der Waals surface area (Å²) in [5.74, 6) is -1.60. The molecule has 0 aliphatic rings. The number of benzene rings is 1. The Labute approximate surface area is 189 Å². The maximum absolute atomic E-state index is 13.0. The summed E-state index contributed by atoms with van der Waals surface area (Å²) in [5.41, 5.74) is -4.18. The van der Waals surface area contributed by atoms with Crippen molar-refractivity contribution >= 4 is 5.91 Å². The normalized spacial score (nSPS) is 13.2. The van der Waals surface area contributed by atoms with Crippen LogP contribution in [0.2, 0.25) is 0 Å². The lowest BCUT2D eigenvalue weighted by molar-refractivity contribution is -0.161. The van der Waals surface area contributed by atoms with Gasteiger partial charge in [-0.15, -0.1) is 0 Å². The molecule has 1 aromatic carbocycles. The van der Waals surface area contributed by atoms with Gasteiger partial charge in [0.25, 0.3) is 11.5 Å². The molecule has 16 heteroatoms. The molecule has 0 bridgehead atoms. The Morgan fingerprint density at radius 2 is 1.71 bits per heavy atom. The summed E-state index contributed by atoms with van der Waals surface area (Å²) >= 11 is 0. The van der Waals surface area contributed by atoms with Gasteiger partial charge in [-0.05, 0) is 18.2 Å². The van der Waals surface area contributed by atoms with E-state index in [9.17, 15) is 44.7 Å². The molecule has 8 nitrogen and oxygen atoms in total. The van der Waals surface area contributed by atoms with E-state index in [0.29, 0.717) is 23.0 Å². The first-order valence-corrected chi connectivity index (χ1v) is 9.35. The molecule has 2 N–H and O–H groups in total. The lowest BCUT2D eigenvalue weighted by Crippen LogP contribution is -2.49. The number of rotatable bonds is 6. The Morgan fingerprint density at radius 1 is 1.09 bits per heavy atom. The van der Waals surface area contributed by atoms with Crippen LogP contribution in [0.15, 0.2) is 47.5 Å². The molecular formula is C19H13F8N5O3. The molecule has 3 aromatic rings. The van der Waals surface area contributed by atoms with Crippen molar-refractivity contribution in [1.29, 1.82) is 0 Å². The van der Waals surface area contributed by atoms with Crippen LogP contribution in [0.25, 0.3) is 16.9 Å². The van der Waals surface area contributed by atoms with Gasteiger partial charge in [-0.3, -0.25) is 9.59 Å². The van der Waals surface area contributed by atoms with Crippen molar-refractivity contribution in [2.45, 2.75) is 24.9 Å². The number of carbonyl (C=O) groups excluding carboxylic acids is 1. The highest BCUT2D eigenvalue weighted by atomic mass is 19.4. The van der Waals surface area contributed by atoms with Gasteiger partial charge < -0.3 is 10.4 Å². The third-order valence-electron chi connectivity index (χ3n) is 4.58. The molecule has 3 rings (SSSR count). The number of amides is 1. The molecule has 0 radical (unpaired) electrons. The largest absolute Gasteiger partial charge is 0.416 e. The van der Waals surface area contributed by atoms with Crippen LogP contribution in [0.3, 0.4) is 0 Å². The van der Waals surface area contributed by atoms with Gasteiger partial charge in [0.15, 0.2) is 0 Å². The van der Waals surface area contributed by atoms with Crippen molar-refractivity contribution in [3.05, 3.63) is 64.2 Å². The lowest BCUT2D eigenvalue weighted by Gasteiger charge is -2.19. The summed E-state index contributed by atoms with van der Waals surface area (Å²) in [6, 6.07) is 1.15. The first-order chi connectivity index (χ1) is 16.2. The number of aliphatic hydroxyl groups is 1. The minimum absolute atomic E-state index is 0.0865. The number of hydrogen-bond donors (Lipinski definition) is 2. The molecule has 0 fully saturated rings. The SMILES string of the molecule is O=C(NC(CO)C(F)(F)F)c1cc(-c2ccc(C(F)(F)F)cc2)nn(-c2cnn(C(F)F)c2)c1=O. The maximum Gasteiger partial charge on any atom is 0.416 e. The van der Waals surface area contributed by atoms with Gasteiger partial charge in [-0.25, -0.2) is 4.68 Å². The van der Waals surface area contributed by atoms with E-state index in [1.165, 1.54) is 5.32 Å². The van der Waals surface area contributed by atoms with Crippen molar-refractivity contribution in [2.75, 3.05) is 6.61 Å². The van der Waals surface area contributed by atoms with Crippen molar-refractivity contribution < 1.29 is 45.0 Å². The Hall–Kier alpha value is -3.82. The van der Waals surface area contributed by atoms with Gasteiger partial charge in [-0.1, -0.05) is 12.1 Å². The van der Waals surface area contributed by atoms with Crippen LogP contribution in [0.1, 0.15) is 22.5 Å². The summed E-state index contributed by atoms with van der Waals surface area (Å²) < 4.78 is 104. The highest BCUT2D eigenvalue weighted by Crippen LogP contribution is 2.30. The Balaban J connectivity index is 2.15. The molecule has 0 aliphatic heterocycles. The highest BCUT2D eigenvalue weighted by Gasteiger charge is 2.40. The van der Waals surface area contributed by atoms with Crippen molar-refractivity contribution in [1.82, 2.24) is 24.9 Å². The van der Waals surface area contributed by atoms with Crippen molar-refractivity contribution in [2.24, 2.45) is 0 Å². The predicted molar refractivity (Wildman–Crippen MR) is 102 cm³/mol. The molecule has 2 aromatic heterocycles. The number of carbonyl (C=O) groups is 1. The molecule has 1 amide bonds. The molecule has 0 saturated heterocycles. The lowest BCUT2D eigenvalue weighted by atomic mass is 10.1. The molecule has 0 aliphatic carbocycles. The van der Waals surface area contributed by atoms with E-state index in [0.717, 1.165) is 24.4 Å². The van der Waals surface area contributed by atoms with E-state index in [4.69, 9.17) is 5.11 Å². The minimum atomic E-state index is -5.08. The summed E-state index contributed by atoms with van der Waals surface area (Å²) in [6.07, 6.45) is -8.35. The second-order valence-electron chi connectivity index (χ2n) is 6.94. The van der Waals surface area contributed by atoms with Crippen LogP contribution < -0.4 is 10.9 Å². The standard InChI is InChI=1S/C19H13F8N5O3/c20-17(21)31-7-11(6-28-31)32-16(35)12(15(34)29-14(8-33)19(25,26)27)5-13(30-32)9-1-3-10(4-2-9)18(22,23)24/h1-7,14,17,33H,8H2,(H,29,34). The quantitative estimate of drug-likeness (QED) is 0.496. The number of aromatic nitrogens is 4. The Kier molecular flexibility index (Phi) is 6.96. The predicted octanol–water partition coefficient (Wildman–Crippen LogP) is 3.16. The molecule has 1 unspecified atom stereocenters. The second-order valence-corrected chi connectivity index (χ2v) is 6.94. The Morgan fingerprint density at radius 3 is 2.20 bits per heavy atom. The number of nitrogens with one attached hydrogen (secondary N) is 1. The third-order valence-corrected chi connectivity index (χ3v) is 4.58. The third kappa shape index (κ3) is 5.64. The fourth-order valence-corrected chi connectivity index (χ4v) is 2.81. The fraction of sp³-hybridized carbons (Fsp3) is 0.263. The van der Waals surface area contributed by atoms with Crippen LogP contribution >= 0.6 is 0 Å². The Bertz CT molecular complexity index is 1270. The zero-order valence-corrected chi connectivity index (χ0v) is 17.0. The molecular weight excluding hydrogens is 498 g/mol. The van der Waals surface area contributed by atoms with Crippen LogP contribution in [0, 0.1) is 0 Å². The van der Waals surface area contributed by atoms with Crippen LogP contribution in [0.5, 0.6) is 0 Å². The van der Waals surface area contributed by atoms with E-state index in [-0.39, 0.29) is 15.9 Å². The van der Waals surface area contributed by atoms with E-state index < -0.39 is 59.8 Å². The first-order valence-electron chi connectivity index (χ1n) is 9.35. The van der Waals surface area contributed by atoms with Crippen LogP contribution in [0.4, 0.5) is 35.1 Å². The molecule has 35 heavy (non-hydrogen) atoms. The second kappa shape index (κ2) is 9.44. The zero-order valence-electron chi connectivity index (χ0n) is 17.0. The number of alkyl halides is 8. The van der Waals surface area contributed by atoms with Gasteiger partial charge in [-0.2, -0.15) is 50.0 Å². The van der Waals surface area contributed by atoms with E-state index >= 15 is 0 Å². The number of halogens is 8. The summed E-state index contributed by atoms with van der Waals surface area (Å²) in [4.78, 5) is 25.3. The first kappa shape index (κ1) is 25.8. The molecule has 0 spiro atoms. The van der Waals surface area contributed by atoms with Crippen molar-refractivity contribution in [3.8, 4) is 16.9 Å². The van der Waals surface area contributed by atoms with Gasteiger partial charge in [0.1, 0.15) is 17.3 Å². The molecule has 2 heterocycles. The topological polar surface area (TPSA) is 102 Å². The molecule has 188 valence electrons. The van der Waals surface area contributed by atoms with Crippen LogP contribution in [-0.2, 0) is 6.18 Å². The maximum atomic E-state index is 13.0. The number of aliphatic hydroxyl groups excluding tert-OH is 1. The fourth-order valence-electron chi connectivity index (χ4n) is 2.81. The smallest absolute Gasteiger partial charge is 0.394 e. The van der Waals surface area contributed by atoms with E-state index in [1.807, 2.05) is 0 Å². The molecule has 0 saturated carbocycles. The van der Waals surface area contributed by atoms with Crippen molar-refractivity contribution in [3.63, 3.8) is 0 Å². The average molecular weight is 511 g/mol. The van der Waals surface area contributed by atoms with Crippen LogP contribution in [-0.4, -0.2) is 49.4 Å². The van der Waals surface area contributed by atoms with Gasteiger partial charge in [0.05, 0.1) is 30.3 Å². The highest BCUT2D eigenvalue weighted by molar-refractivity contribution is 5.95. The van der Waals surface area contributed by atoms with E-state index in [1.54, 1.807) is 0 Å². The summed E-state index contributed by atoms with van der Waals surface area (Å²) in [7, 11) is 0. The number of hydrogen-bond acceptors (Lipinski definition) is 5. The average Bonchev–Trinajstić information content (AvgIpc) is 3.26. The van der Waals surface area contributed by atoms with Gasteiger partial charge >= 0.3 is 18.9 Å². The van der Waals surface area contributed by atoms with E-state index in [2.05, 4.69) is 10.2 Å². The van der Waals surface area contributed by atoms with Gasteiger partial charge in [0, 0.05) is 5.56 Å². The number of nitrogens with zero attached hydrogens (tertiary/aromatic N) is 4. The summed E-state index contributed by atoms with van der Waals surface area (Å²) in [6.45, 7) is -4.68. The summed E-state index contributed by atoms with van der Waals surface area (Å²) in [5, 5.41) is 17.5. The monoisotopic (exact) mass is 511 g/mol. The zero-order chi connectivity index (χ0) is 26.1. The van der Waals surface area contributed by atoms with Gasteiger partial charge in [0.2, 0.25) is 0 Å². The minimum Gasteiger partial charge on any atom is -0.394 e. The molecule has 1 atom stereocenters.